The Kier molecular flexibility index (Phi) is 4.04. The van der Waals surface area contributed by atoms with Gasteiger partial charge in [0.15, 0.2) is 0 Å². The predicted molar refractivity (Wildman–Crippen MR) is 62.9 cm³/mol. The lowest BCUT2D eigenvalue weighted by atomic mass is 9.86. The standard InChI is InChI=1S/C13H25NO/c1-10-4-3-5-12(8-10)14-13(9-15-2)11-6-7-11/h10-14H,3-9H2,1-2H3. The highest BCUT2D eigenvalue weighted by molar-refractivity contribution is 4.89. The molecule has 2 nitrogen and oxygen atoms in total. The summed E-state index contributed by atoms with van der Waals surface area (Å²) in [6.07, 6.45) is 8.39. The van der Waals surface area contributed by atoms with Gasteiger partial charge in [0.25, 0.3) is 0 Å². The highest BCUT2D eigenvalue weighted by Crippen LogP contribution is 2.34. The molecule has 0 aliphatic heterocycles. The van der Waals surface area contributed by atoms with Crippen molar-refractivity contribution in [2.45, 2.75) is 57.5 Å². The summed E-state index contributed by atoms with van der Waals surface area (Å²) in [5.41, 5.74) is 0. The highest BCUT2D eigenvalue weighted by atomic mass is 16.5. The Morgan fingerprint density at radius 1 is 1.27 bits per heavy atom. The van der Waals surface area contributed by atoms with Crippen LogP contribution in [0.25, 0.3) is 0 Å². The minimum Gasteiger partial charge on any atom is -0.383 e. The van der Waals surface area contributed by atoms with Crippen molar-refractivity contribution in [1.82, 2.24) is 5.32 Å². The van der Waals surface area contributed by atoms with Crippen LogP contribution in [-0.2, 0) is 4.74 Å². The van der Waals surface area contributed by atoms with Crippen LogP contribution >= 0.6 is 0 Å². The quantitative estimate of drug-likeness (QED) is 0.754. The molecule has 0 amide bonds. The van der Waals surface area contributed by atoms with E-state index in [0.717, 1.165) is 24.5 Å². The molecule has 2 heteroatoms. The van der Waals surface area contributed by atoms with Crippen molar-refractivity contribution in [2.75, 3.05) is 13.7 Å². The maximum absolute atomic E-state index is 5.31. The summed E-state index contributed by atoms with van der Waals surface area (Å²) in [6, 6.07) is 1.39. The van der Waals surface area contributed by atoms with Crippen LogP contribution in [0.5, 0.6) is 0 Å². The molecule has 3 atom stereocenters. The second-order valence-electron chi connectivity index (χ2n) is 5.53. The monoisotopic (exact) mass is 211 g/mol. The van der Waals surface area contributed by atoms with Gasteiger partial charge in [0.2, 0.25) is 0 Å². The van der Waals surface area contributed by atoms with E-state index >= 15 is 0 Å². The maximum atomic E-state index is 5.31. The number of hydrogen-bond acceptors (Lipinski definition) is 2. The Hall–Kier alpha value is -0.0800. The zero-order valence-corrected chi connectivity index (χ0v) is 10.2. The van der Waals surface area contributed by atoms with Gasteiger partial charge in [-0.2, -0.15) is 0 Å². The maximum Gasteiger partial charge on any atom is 0.0618 e. The summed E-state index contributed by atoms with van der Waals surface area (Å²) >= 11 is 0. The van der Waals surface area contributed by atoms with Gasteiger partial charge < -0.3 is 10.1 Å². The Labute approximate surface area is 93.8 Å². The largest absolute Gasteiger partial charge is 0.383 e. The molecule has 0 heterocycles. The van der Waals surface area contributed by atoms with E-state index in [1.807, 2.05) is 7.11 Å². The van der Waals surface area contributed by atoms with E-state index in [4.69, 9.17) is 4.74 Å². The third-order valence-electron chi connectivity index (χ3n) is 3.92. The smallest absolute Gasteiger partial charge is 0.0618 e. The summed E-state index contributed by atoms with van der Waals surface area (Å²) in [5.74, 6) is 1.82. The number of hydrogen-bond donors (Lipinski definition) is 1. The van der Waals surface area contributed by atoms with Gasteiger partial charge in [0, 0.05) is 19.2 Å². The Balaban J connectivity index is 1.77. The Morgan fingerprint density at radius 3 is 2.67 bits per heavy atom. The second kappa shape index (κ2) is 5.31. The van der Waals surface area contributed by atoms with Crippen molar-refractivity contribution in [3.05, 3.63) is 0 Å². The topological polar surface area (TPSA) is 21.3 Å². The molecule has 2 aliphatic carbocycles. The highest BCUT2D eigenvalue weighted by Gasteiger charge is 2.33. The van der Waals surface area contributed by atoms with Crippen molar-refractivity contribution in [3.63, 3.8) is 0 Å². The normalized spacial score (nSPS) is 34.0. The fourth-order valence-electron chi connectivity index (χ4n) is 2.89. The van der Waals surface area contributed by atoms with Crippen LogP contribution in [0.3, 0.4) is 0 Å². The summed E-state index contributed by atoms with van der Waals surface area (Å²) in [7, 11) is 1.82. The van der Waals surface area contributed by atoms with Crippen molar-refractivity contribution in [1.29, 1.82) is 0 Å². The molecule has 0 bridgehead atoms. The fourth-order valence-corrected chi connectivity index (χ4v) is 2.89. The molecule has 2 fully saturated rings. The number of nitrogens with one attached hydrogen (secondary N) is 1. The summed E-state index contributed by atoms with van der Waals surface area (Å²) in [6.45, 7) is 3.28. The van der Waals surface area contributed by atoms with Crippen molar-refractivity contribution in [2.24, 2.45) is 11.8 Å². The zero-order valence-electron chi connectivity index (χ0n) is 10.2. The number of ether oxygens (including phenoxy) is 1. The van der Waals surface area contributed by atoms with E-state index in [1.165, 1.54) is 38.5 Å². The third-order valence-corrected chi connectivity index (χ3v) is 3.92. The first kappa shape index (κ1) is 11.4. The third kappa shape index (κ3) is 3.46. The number of methoxy groups -OCH3 is 1. The Morgan fingerprint density at radius 2 is 2.07 bits per heavy atom. The summed E-state index contributed by atoms with van der Waals surface area (Å²) in [4.78, 5) is 0. The van der Waals surface area contributed by atoms with Gasteiger partial charge in [-0.05, 0) is 37.5 Å². The van der Waals surface area contributed by atoms with Crippen LogP contribution in [0.1, 0.15) is 45.4 Å². The van der Waals surface area contributed by atoms with Crippen molar-refractivity contribution < 1.29 is 4.74 Å². The van der Waals surface area contributed by atoms with Gasteiger partial charge in [-0.15, -0.1) is 0 Å². The van der Waals surface area contributed by atoms with Crippen molar-refractivity contribution in [3.8, 4) is 0 Å². The molecule has 3 unspecified atom stereocenters. The minimum absolute atomic E-state index is 0.630. The average molecular weight is 211 g/mol. The SMILES string of the molecule is COCC(NC1CCCC(C)C1)C1CC1. The molecule has 2 rings (SSSR count). The number of rotatable bonds is 5. The second-order valence-corrected chi connectivity index (χ2v) is 5.53. The van der Waals surface area contributed by atoms with E-state index in [9.17, 15) is 0 Å². The van der Waals surface area contributed by atoms with Crippen LogP contribution in [0.4, 0.5) is 0 Å². The first-order valence-electron chi connectivity index (χ1n) is 6.54. The molecular formula is C13H25NO. The molecule has 15 heavy (non-hydrogen) atoms. The zero-order chi connectivity index (χ0) is 10.7. The average Bonchev–Trinajstić information content (AvgIpc) is 3.00. The van der Waals surface area contributed by atoms with E-state index in [2.05, 4.69) is 12.2 Å². The van der Waals surface area contributed by atoms with E-state index in [0.29, 0.717) is 6.04 Å². The fraction of sp³-hybridized carbons (Fsp3) is 1.00. The molecule has 0 aromatic carbocycles. The molecule has 0 aromatic heterocycles. The molecule has 0 spiro atoms. The lowest BCUT2D eigenvalue weighted by molar-refractivity contribution is 0.142. The predicted octanol–water partition coefficient (Wildman–Crippen LogP) is 2.58. The molecule has 0 radical (unpaired) electrons. The van der Waals surface area contributed by atoms with E-state index in [1.54, 1.807) is 0 Å². The first-order valence-corrected chi connectivity index (χ1v) is 6.54. The van der Waals surface area contributed by atoms with Gasteiger partial charge in [-0.25, -0.2) is 0 Å². The molecular weight excluding hydrogens is 186 g/mol. The van der Waals surface area contributed by atoms with Gasteiger partial charge in [0.1, 0.15) is 0 Å². The molecule has 88 valence electrons. The van der Waals surface area contributed by atoms with Gasteiger partial charge in [-0.1, -0.05) is 19.8 Å². The Bertz CT molecular complexity index is 191. The van der Waals surface area contributed by atoms with Gasteiger partial charge >= 0.3 is 0 Å². The minimum atomic E-state index is 0.630. The molecule has 0 saturated heterocycles. The summed E-state index contributed by atoms with van der Waals surface area (Å²) < 4.78 is 5.31. The van der Waals surface area contributed by atoms with Crippen LogP contribution in [0.15, 0.2) is 0 Å². The molecule has 1 N–H and O–H groups in total. The van der Waals surface area contributed by atoms with Crippen LogP contribution in [0.2, 0.25) is 0 Å². The lowest BCUT2D eigenvalue weighted by Crippen LogP contribution is -2.44. The molecule has 0 aromatic rings. The van der Waals surface area contributed by atoms with Crippen molar-refractivity contribution >= 4 is 0 Å². The molecule has 2 saturated carbocycles. The van der Waals surface area contributed by atoms with E-state index in [-0.39, 0.29) is 0 Å². The summed E-state index contributed by atoms with van der Waals surface area (Å²) in [5, 5.41) is 3.82. The van der Waals surface area contributed by atoms with Gasteiger partial charge in [-0.3, -0.25) is 0 Å². The van der Waals surface area contributed by atoms with Crippen LogP contribution in [0, 0.1) is 11.8 Å². The lowest BCUT2D eigenvalue weighted by Gasteiger charge is -2.31. The van der Waals surface area contributed by atoms with E-state index < -0.39 is 0 Å². The van der Waals surface area contributed by atoms with Crippen LogP contribution < -0.4 is 5.32 Å². The van der Waals surface area contributed by atoms with Gasteiger partial charge in [0.05, 0.1) is 6.61 Å². The first-order chi connectivity index (χ1) is 7.29. The van der Waals surface area contributed by atoms with Crippen LogP contribution in [-0.4, -0.2) is 25.8 Å². The molecule has 2 aliphatic rings.